The molecule has 0 fully saturated rings. The van der Waals surface area contributed by atoms with Gasteiger partial charge in [0, 0.05) is 22.2 Å². The van der Waals surface area contributed by atoms with Gasteiger partial charge in [-0.05, 0) is 11.5 Å². The highest BCUT2D eigenvalue weighted by Gasteiger charge is 2.09. The highest BCUT2D eigenvalue weighted by atomic mass is 16.3. The SMILES string of the molecule is Nc1c(-c2ccccc2O)ccc2ccccc12. The van der Waals surface area contributed by atoms with Crippen molar-refractivity contribution in [1.82, 2.24) is 0 Å². The maximum Gasteiger partial charge on any atom is 0.123 e. The van der Waals surface area contributed by atoms with Gasteiger partial charge in [-0.25, -0.2) is 0 Å². The molecular formula is C16H13NO. The first kappa shape index (κ1) is 10.7. The van der Waals surface area contributed by atoms with Crippen molar-refractivity contribution in [2.24, 2.45) is 0 Å². The van der Waals surface area contributed by atoms with Gasteiger partial charge in [0.1, 0.15) is 5.75 Å². The van der Waals surface area contributed by atoms with Crippen molar-refractivity contribution in [3.63, 3.8) is 0 Å². The van der Waals surface area contributed by atoms with E-state index in [1.807, 2.05) is 48.5 Å². The van der Waals surface area contributed by atoms with Crippen molar-refractivity contribution in [3.05, 3.63) is 60.7 Å². The Labute approximate surface area is 105 Å². The normalized spacial score (nSPS) is 10.7. The minimum absolute atomic E-state index is 0.250. The zero-order valence-electron chi connectivity index (χ0n) is 9.80. The van der Waals surface area contributed by atoms with Gasteiger partial charge < -0.3 is 10.8 Å². The van der Waals surface area contributed by atoms with Crippen molar-refractivity contribution in [1.29, 1.82) is 0 Å². The molecule has 3 aromatic carbocycles. The summed E-state index contributed by atoms with van der Waals surface area (Å²) in [7, 11) is 0. The lowest BCUT2D eigenvalue weighted by atomic mass is 9.98. The van der Waals surface area contributed by atoms with Crippen LogP contribution in [-0.4, -0.2) is 5.11 Å². The number of benzene rings is 3. The Hall–Kier alpha value is -2.48. The minimum atomic E-state index is 0.250. The second kappa shape index (κ2) is 4.08. The molecule has 0 spiro atoms. The zero-order valence-corrected chi connectivity index (χ0v) is 9.80. The zero-order chi connectivity index (χ0) is 12.5. The summed E-state index contributed by atoms with van der Waals surface area (Å²) in [5.41, 5.74) is 8.54. The van der Waals surface area contributed by atoms with Crippen molar-refractivity contribution in [2.45, 2.75) is 0 Å². The van der Waals surface area contributed by atoms with Crippen LogP contribution in [-0.2, 0) is 0 Å². The smallest absolute Gasteiger partial charge is 0.123 e. The first-order valence-electron chi connectivity index (χ1n) is 5.83. The fourth-order valence-electron chi connectivity index (χ4n) is 2.23. The Bertz CT molecular complexity index is 719. The highest BCUT2D eigenvalue weighted by Crippen LogP contribution is 2.36. The molecule has 0 aliphatic rings. The highest BCUT2D eigenvalue weighted by molar-refractivity contribution is 6.01. The van der Waals surface area contributed by atoms with E-state index in [0.29, 0.717) is 5.69 Å². The monoisotopic (exact) mass is 235 g/mol. The number of fused-ring (bicyclic) bond motifs is 1. The molecule has 0 aliphatic heterocycles. The molecule has 3 rings (SSSR count). The van der Waals surface area contributed by atoms with E-state index in [0.717, 1.165) is 21.9 Å². The summed E-state index contributed by atoms with van der Waals surface area (Å²) in [4.78, 5) is 0. The van der Waals surface area contributed by atoms with Crippen LogP contribution in [0.2, 0.25) is 0 Å². The van der Waals surface area contributed by atoms with Gasteiger partial charge in [0.15, 0.2) is 0 Å². The van der Waals surface area contributed by atoms with E-state index in [1.165, 1.54) is 0 Å². The molecule has 2 heteroatoms. The Kier molecular flexibility index (Phi) is 2.41. The number of nitrogens with two attached hydrogens (primary N) is 1. The second-order valence-electron chi connectivity index (χ2n) is 4.27. The van der Waals surface area contributed by atoms with Crippen LogP contribution in [0.4, 0.5) is 5.69 Å². The Morgan fingerprint density at radius 2 is 1.44 bits per heavy atom. The number of hydrogen-bond donors (Lipinski definition) is 2. The van der Waals surface area contributed by atoms with E-state index in [4.69, 9.17) is 5.73 Å². The number of para-hydroxylation sites is 1. The molecular weight excluding hydrogens is 222 g/mol. The molecule has 18 heavy (non-hydrogen) atoms. The molecule has 0 amide bonds. The van der Waals surface area contributed by atoms with E-state index in [-0.39, 0.29) is 5.75 Å². The number of rotatable bonds is 1. The van der Waals surface area contributed by atoms with Gasteiger partial charge in [0.05, 0.1) is 0 Å². The number of phenolic OH excluding ortho intramolecular Hbond substituents is 1. The third-order valence-corrected chi connectivity index (χ3v) is 3.16. The number of hydrogen-bond acceptors (Lipinski definition) is 2. The molecule has 0 unspecified atom stereocenters. The molecule has 0 aliphatic carbocycles. The van der Waals surface area contributed by atoms with Gasteiger partial charge in [0.25, 0.3) is 0 Å². The molecule has 0 saturated heterocycles. The maximum atomic E-state index is 9.90. The third kappa shape index (κ3) is 1.59. The van der Waals surface area contributed by atoms with Gasteiger partial charge in [-0.15, -0.1) is 0 Å². The van der Waals surface area contributed by atoms with Crippen molar-refractivity contribution >= 4 is 16.5 Å². The van der Waals surface area contributed by atoms with E-state index < -0.39 is 0 Å². The van der Waals surface area contributed by atoms with Gasteiger partial charge in [0.2, 0.25) is 0 Å². The lowest BCUT2D eigenvalue weighted by Crippen LogP contribution is -1.92. The molecule has 0 radical (unpaired) electrons. The van der Waals surface area contributed by atoms with Crippen molar-refractivity contribution in [2.75, 3.05) is 5.73 Å². The summed E-state index contributed by atoms with van der Waals surface area (Å²) >= 11 is 0. The van der Waals surface area contributed by atoms with E-state index in [9.17, 15) is 5.11 Å². The van der Waals surface area contributed by atoms with E-state index >= 15 is 0 Å². The van der Waals surface area contributed by atoms with Crippen LogP contribution in [0.3, 0.4) is 0 Å². The van der Waals surface area contributed by atoms with E-state index in [2.05, 4.69) is 0 Å². The van der Waals surface area contributed by atoms with E-state index in [1.54, 1.807) is 12.1 Å². The predicted octanol–water partition coefficient (Wildman–Crippen LogP) is 3.79. The predicted molar refractivity (Wildman–Crippen MR) is 75.5 cm³/mol. The molecule has 2 nitrogen and oxygen atoms in total. The van der Waals surface area contributed by atoms with Crippen LogP contribution in [0.1, 0.15) is 0 Å². The van der Waals surface area contributed by atoms with Crippen LogP contribution in [0.15, 0.2) is 60.7 Å². The van der Waals surface area contributed by atoms with Crippen LogP contribution in [0.5, 0.6) is 5.75 Å². The number of nitrogen functional groups attached to an aromatic ring is 1. The first-order chi connectivity index (χ1) is 8.77. The minimum Gasteiger partial charge on any atom is -0.507 e. The average molecular weight is 235 g/mol. The summed E-state index contributed by atoms with van der Waals surface area (Å²) in [6.07, 6.45) is 0. The van der Waals surface area contributed by atoms with Crippen LogP contribution < -0.4 is 5.73 Å². The first-order valence-corrected chi connectivity index (χ1v) is 5.83. The Morgan fingerprint density at radius 1 is 0.722 bits per heavy atom. The lowest BCUT2D eigenvalue weighted by molar-refractivity contribution is 0.477. The fourth-order valence-corrected chi connectivity index (χ4v) is 2.23. The van der Waals surface area contributed by atoms with Crippen LogP contribution in [0, 0.1) is 0 Å². The molecule has 0 bridgehead atoms. The molecule has 0 heterocycles. The van der Waals surface area contributed by atoms with Gasteiger partial charge in [-0.1, -0.05) is 54.6 Å². The summed E-state index contributed by atoms with van der Waals surface area (Å²) < 4.78 is 0. The lowest BCUT2D eigenvalue weighted by Gasteiger charge is -2.10. The third-order valence-electron chi connectivity index (χ3n) is 3.16. The largest absolute Gasteiger partial charge is 0.507 e. The molecule has 0 atom stereocenters. The topological polar surface area (TPSA) is 46.2 Å². The van der Waals surface area contributed by atoms with Crippen molar-refractivity contribution in [3.8, 4) is 16.9 Å². The second-order valence-corrected chi connectivity index (χ2v) is 4.27. The quantitative estimate of drug-likeness (QED) is 0.630. The summed E-state index contributed by atoms with van der Waals surface area (Å²) in [5, 5.41) is 12.0. The molecule has 0 saturated carbocycles. The van der Waals surface area contributed by atoms with Gasteiger partial charge >= 0.3 is 0 Å². The number of phenols is 1. The molecule has 3 N–H and O–H groups in total. The Morgan fingerprint density at radius 3 is 2.28 bits per heavy atom. The molecule has 0 aromatic heterocycles. The summed E-state index contributed by atoms with van der Waals surface area (Å²) in [5.74, 6) is 0.250. The van der Waals surface area contributed by atoms with Crippen LogP contribution >= 0.6 is 0 Å². The number of aromatic hydroxyl groups is 1. The van der Waals surface area contributed by atoms with Crippen LogP contribution in [0.25, 0.3) is 21.9 Å². The summed E-state index contributed by atoms with van der Waals surface area (Å²) in [6, 6.07) is 19.2. The van der Waals surface area contributed by atoms with Crippen molar-refractivity contribution < 1.29 is 5.11 Å². The maximum absolute atomic E-state index is 9.90. The van der Waals surface area contributed by atoms with Gasteiger partial charge in [-0.3, -0.25) is 0 Å². The van der Waals surface area contributed by atoms with Gasteiger partial charge in [-0.2, -0.15) is 0 Å². The standard InChI is InChI=1S/C16H13NO/c17-16-12-6-2-1-5-11(12)9-10-14(16)13-7-3-4-8-15(13)18/h1-10,18H,17H2. The molecule has 88 valence electrons. The molecule has 3 aromatic rings. The number of anilines is 1. The summed E-state index contributed by atoms with van der Waals surface area (Å²) in [6.45, 7) is 0. The Balaban J connectivity index is 2.31. The fraction of sp³-hybridized carbons (Fsp3) is 0. The average Bonchev–Trinajstić information content (AvgIpc) is 2.41.